The second-order valence-corrected chi connectivity index (χ2v) is 13.4. The fraction of sp³-hybridized carbons (Fsp3) is 0.415. The van der Waals surface area contributed by atoms with E-state index in [0.29, 0.717) is 5.92 Å². The maximum absolute atomic E-state index is 11.7. The van der Waals surface area contributed by atoms with Gasteiger partial charge in [0.15, 0.2) is 5.78 Å². The van der Waals surface area contributed by atoms with E-state index in [1.54, 1.807) is 0 Å². The minimum absolute atomic E-state index is 0. The number of furan rings is 1. The van der Waals surface area contributed by atoms with Gasteiger partial charge < -0.3 is 14.5 Å². The van der Waals surface area contributed by atoms with Crippen molar-refractivity contribution in [1.82, 2.24) is 4.98 Å². The molecule has 0 fully saturated rings. The smallest absolute Gasteiger partial charge is 0.162 e. The van der Waals surface area contributed by atoms with Crippen molar-refractivity contribution in [2.45, 2.75) is 99.3 Å². The Morgan fingerprint density at radius 3 is 2.24 bits per heavy atom. The number of allylic oxidation sites excluding steroid dienone is 2. The van der Waals surface area contributed by atoms with Crippen LogP contribution in [0.4, 0.5) is 0 Å². The third kappa shape index (κ3) is 6.09. The quantitative estimate of drug-likeness (QED) is 0.0965. The van der Waals surface area contributed by atoms with Crippen LogP contribution in [0.25, 0.3) is 44.0 Å². The summed E-state index contributed by atoms with van der Waals surface area (Å²) in [6.07, 6.45) is 6.85. The van der Waals surface area contributed by atoms with Crippen LogP contribution in [-0.2, 0) is 30.3 Å². The molecular weight excluding hydrogens is 747 g/mol. The third-order valence-electron chi connectivity index (χ3n) is 9.94. The van der Waals surface area contributed by atoms with Gasteiger partial charge in [0.25, 0.3) is 0 Å². The summed E-state index contributed by atoms with van der Waals surface area (Å²) in [4.78, 5) is 16.7. The van der Waals surface area contributed by atoms with Gasteiger partial charge in [0, 0.05) is 66.2 Å². The Morgan fingerprint density at radius 2 is 1.61 bits per heavy atom. The van der Waals surface area contributed by atoms with Crippen molar-refractivity contribution in [2.24, 2.45) is 11.8 Å². The molecule has 1 radical (unpaired) electrons. The minimum atomic E-state index is -0.216. The van der Waals surface area contributed by atoms with Crippen molar-refractivity contribution in [2.75, 3.05) is 0 Å². The van der Waals surface area contributed by atoms with Crippen molar-refractivity contribution < 1.29 is 34.4 Å². The zero-order valence-electron chi connectivity index (χ0n) is 28.8. The van der Waals surface area contributed by atoms with E-state index in [0.717, 1.165) is 59.1 Å². The Bertz CT molecular complexity index is 1900. The van der Waals surface area contributed by atoms with Crippen LogP contribution in [0.3, 0.4) is 0 Å². The van der Waals surface area contributed by atoms with Crippen LogP contribution >= 0.6 is 0 Å². The summed E-state index contributed by atoms with van der Waals surface area (Å²) in [6.45, 7) is 19.3. The predicted octanol–water partition coefficient (Wildman–Crippen LogP) is 11.5. The number of benzene rings is 3. The largest absolute Gasteiger partial charge is 0.512 e. The third-order valence-corrected chi connectivity index (χ3v) is 9.94. The molecule has 6 rings (SSSR count). The molecule has 0 aliphatic heterocycles. The molecule has 0 amide bonds. The number of fused-ring (bicyclic) bond motifs is 4. The van der Waals surface area contributed by atoms with Crippen molar-refractivity contribution in [3.05, 3.63) is 88.8 Å². The number of ketones is 1. The van der Waals surface area contributed by atoms with E-state index in [4.69, 9.17) is 9.40 Å². The predicted molar refractivity (Wildman–Crippen MR) is 188 cm³/mol. The molecule has 5 heteroatoms. The number of hydrogen-bond donors (Lipinski definition) is 1. The second-order valence-electron chi connectivity index (χ2n) is 13.4. The number of aliphatic hydroxyl groups is 1. The van der Waals surface area contributed by atoms with Gasteiger partial charge in [0.2, 0.25) is 0 Å². The van der Waals surface area contributed by atoms with E-state index in [1.165, 1.54) is 38.9 Å². The zero-order valence-corrected chi connectivity index (χ0v) is 31.2. The Hall–Kier alpha value is -3.27. The number of aliphatic hydroxyl groups excluding tert-OH is 1. The van der Waals surface area contributed by atoms with Crippen LogP contribution in [-0.4, -0.2) is 15.9 Å². The zero-order chi connectivity index (χ0) is 32.6. The molecule has 0 saturated carbocycles. The number of hydrogen-bond acceptors (Lipinski definition) is 4. The molecule has 1 aliphatic carbocycles. The Kier molecular flexibility index (Phi) is 11.0. The Labute approximate surface area is 288 Å². The molecule has 1 N–H and O–H groups in total. The Balaban J connectivity index is 0.000000259. The summed E-state index contributed by atoms with van der Waals surface area (Å²) >= 11 is 0. The first-order valence-corrected chi connectivity index (χ1v) is 16.7. The first-order valence-electron chi connectivity index (χ1n) is 16.7. The standard InChI is InChI=1S/C28H24NO.C13H24O2.Ir/c1-15(2)18-12-13-21-22-23-25(29-14-16(3)26(23)30-27(18)22)20-11-10-17-8-6-7-9-19(17)24(20)28(21,4)5;1-5-10(6-2)12(14)9-13(15)11(7-3)8-4;/h6-10,12-15H,1-5H3;9-11,14H,5-8H2,1-4H3;/q-1;;/b;12-9-;. The summed E-state index contributed by atoms with van der Waals surface area (Å²) in [5.74, 6) is 0.934. The minimum Gasteiger partial charge on any atom is -0.512 e. The van der Waals surface area contributed by atoms with E-state index in [-0.39, 0.29) is 48.9 Å². The summed E-state index contributed by atoms with van der Waals surface area (Å²) in [6, 6.07) is 18.9. The fourth-order valence-electron chi connectivity index (χ4n) is 7.13. The van der Waals surface area contributed by atoms with E-state index in [9.17, 15) is 9.90 Å². The molecule has 3 aromatic carbocycles. The summed E-state index contributed by atoms with van der Waals surface area (Å²) in [5.41, 5.74) is 8.77. The molecule has 0 atom stereocenters. The maximum Gasteiger partial charge on any atom is 0.162 e. The summed E-state index contributed by atoms with van der Waals surface area (Å²) in [7, 11) is 0. The van der Waals surface area contributed by atoms with Gasteiger partial charge in [-0.1, -0.05) is 103 Å². The molecule has 46 heavy (non-hydrogen) atoms. The molecule has 4 nitrogen and oxygen atoms in total. The van der Waals surface area contributed by atoms with Crippen LogP contribution < -0.4 is 0 Å². The molecule has 2 aromatic heterocycles. The molecule has 0 bridgehead atoms. The van der Waals surface area contributed by atoms with Crippen LogP contribution in [0.2, 0.25) is 0 Å². The monoisotopic (exact) mass is 795 g/mol. The number of rotatable bonds is 8. The maximum atomic E-state index is 11.7. The topological polar surface area (TPSA) is 63.3 Å². The normalized spacial score (nSPS) is 13.7. The summed E-state index contributed by atoms with van der Waals surface area (Å²) in [5, 5.41) is 14.6. The van der Waals surface area contributed by atoms with Gasteiger partial charge in [-0.3, -0.25) is 4.79 Å². The molecular formula is C41H48IrNO3-. The van der Waals surface area contributed by atoms with Crippen LogP contribution in [0.15, 0.2) is 64.9 Å². The molecule has 5 aromatic rings. The van der Waals surface area contributed by atoms with Crippen molar-refractivity contribution in [3.8, 4) is 11.3 Å². The molecule has 2 heterocycles. The number of carbonyl (C=O) groups is 1. The fourth-order valence-corrected chi connectivity index (χ4v) is 7.13. The number of aromatic nitrogens is 1. The van der Waals surface area contributed by atoms with Gasteiger partial charge in [-0.05, 0) is 55.1 Å². The van der Waals surface area contributed by atoms with Gasteiger partial charge in [-0.25, -0.2) is 0 Å². The van der Waals surface area contributed by atoms with E-state index in [2.05, 4.69) is 83.1 Å². The number of nitrogens with zero attached hydrogens (tertiary/aromatic N) is 1. The molecule has 0 saturated heterocycles. The van der Waals surface area contributed by atoms with Gasteiger partial charge in [-0.15, -0.1) is 23.3 Å². The van der Waals surface area contributed by atoms with Gasteiger partial charge in [0.1, 0.15) is 11.2 Å². The van der Waals surface area contributed by atoms with Crippen molar-refractivity contribution >= 4 is 38.5 Å². The average Bonchev–Trinajstić information content (AvgIpc) is 3.39. The van der Waals surface area contributed by atoms with Crippen molar-refractivity contribution in [3.63, 3.8) is 0 Å². The first-order chi connectivity index (χ1) is 21.5. The Morgan fingerprint density at radius 1 is 0.957 bits per heavy atom. The van der Waals surface area contributed by atoms with Crippen LogP contribution in [0.1, 0.15) is 109 Å². The van der Waals surface area contributed by atoms with E-state index in [1.807, 2.05) is 33.9 Å². The molecule has 0 unspecified atom stereocenters. The number of aryl methyl sites for hydroxylation is 1. The SMILES string of the molecule is CCC(CC)C(=O)/C=C(\O)C(CC)CC.Cc1cnc2c3c1oc1c(C(C)C)ccc(c13)C(C)(C)c1c-2[c-]cc2ccccc12.[Ir]. The molecule has 1 aliphatic rings. The van der Waals surface area contributed by atoms with Gasteiger partial charge in [-0.2, -0.15) is 0 Å². The number of carbonyl (C=O) groups excluding carboxylic acids is 1. The van der Waals surface area contributed by atoms with E-state index >= 15 is 0 Å². The first kappa shape index (κ1) is 35.6. The average molecular weight is 795 g/mol. The van der Waals surface area contributed by atoms with E-state index < -0.39 is 0 Å². The van der Waals surface area contributed by atoms with Crippen LogP contribution in [0, 0.1) is 24.8 Å². The van der Waals surface area contributed by atoms with Crippen molar-refractivity contribution in [1.29, 1.82) is 0 Å². The summed E-state index contributed by atoms with van der Waals surface area (Å²) < 4.78 is 6.57. The van der Waals surface area contributed by atoms with Crippen LogP contribution in [0.5, 0.6) is 0 Å². The molecule has 0 spiro atoms. The van der Waals surface area contributed by atoms with Gasteiger partial charge >= 0.3 is 0 Å². The number of pyridine rings is 1. The second kappa shape index (κ2) is 14.2. The van der Waals surface area contributed by atoms with Gasteiger partial charge in [0.05, 0.1) is 5.76 Å². The molecule has 245 valence electrons.